The zero-order valence-corrected chi connectivity index (χ0v) is 17.8. The molecule has 0 aliphatic carbocycles. The summed E-state index contributed by atoms with van der Waals surface area (Å²) in [4.78, 5) is 69.4. The van der Waals surface area contributed by atoms with Crippen molar-refractivity contribution in [1.29, 1.82) is 0 Å². The molecule has 0 aromatic rings. The van der Waals surface area contributed by atoms with Gasteiger partial charge in [0.25, 0.3) is 17.7 Å². The van der Waals surface area contributed by atoms with Crippen LogP contribution in [0.3, 0.4) is 0 Å². The van der Waals surface area contributed by atoms with E-state index in [1.807, 2.05) is 0 Å². The molecule has 0 aromatic carbocycles. The molecule has 2 rings (SSSR count). The second-order valence-electron chi connectivity index (χ2n) is 8.60. The van der Waals surface area contributed by atoms with E-state index < -0.39 is 34.8 Å². The molecule has 0 unspecified atom stereocenters. The molecular weight excluding hydrogens is 396 g/mol. The number of allylic oxidation sites excluding steroid dienone is 1. The van der Waals surface area contributed by atoms with Crippen LogP contribution in [-0.2, 0) is 38.4 Å². The summed E-state index contributed by atoms with van der Waals surface area (Å²) in [5.41, 5.74) is -1.51. The van der Waals surface area contributed by atoms with Gasteiger partial charge < -0.3 is 14.4 Å². The molecule has 2 aliphatic heterocycles. The summed E-state index contributed by atoms with van der Waals surface area (Å²) in [7, 11) is 0. The van der Waals surface area contributed by atoms with Gasteiger partial charge in [-0.15, -0.1) is 10.1 Å². The van der Waals surface area contributed by atoms with Crippen molar-refractivity contribution in [3.8, 4) is 0 Å². The first-order chi connectivity index (χ1) is 13.8. The first-order valence-corrected chi connectivity index (χ1v) is 9.76. The zero-order valence-electron chi connectivity index (χ0n) is 17.8. The summed E-state index contributed by atoms with van der Waals surface area (Å²) in [6.07, 6.45) is 0.859. The summed E-state index contributed by atoms with van der Waals surface area (Å²) >= 11 is 0. The van der Waals surface area contributed by atoms with Crippen LogP contribution in [-0.4, -0.2) is 52.0 Å². The van der Waals surface area contributed by atoms with Crippen LogP contribution in [0.1, 0.15) is 66.2 Å². The molecular formula is C20H28N2O8. The molecule has 2 fully saturated rings. The molecule has 3 amide bonds. The molecule has 0 bridgehead atoms. The Morgan fingerprint density at radius 3 is 1.97 bits per heavy atom. The number of imide groups is 1. The van der Waals surface area contributed by atoms with E-state index in [1.165, 1.54) is 0 Å². The molecule has 10 heteroatoms. The molecule has 0 saturated carbocycles. The largest absolute Gasteiger partial charge is 0.375 e. The topological polar surface area (TPSA) is 120 Å². The zero-order chi connectivity index (χ0) is 22.7. The van der Waals surface area contributed by atoms with Gasteiger partial charge in [0.15, 0.2) is 0 Å². The fourth-order valence-corrected chi connectivity index (χ4v) is 2.83. The van der Waals surface area contributed by atoms with Crippen LogP contribution in [0.4, 0.5) is 0 Å². The van der Waals surface area contributed by atoms with E-state index >= 15 is 0 Å². The van der Waals surface area contributed by atoms with Crippen LogP contribution >= 0.6 is 0 Å². The van der Waals surface area contributed by atoms with E-state index in [9.17, 15) is 24.0 Å². The van der Waals surface area contributed by atoms with E-state index in [0.29, 0.717) is 17.2 Å². The molecule has 2 saturated heterocycles. The number of hydroxylamine groups is 4. The highest BCUT2D eigenvalue weighted by atomic mass is 16.7. The number of ether oxygens (including phenoxy) is 1. The van der Waals surface area contributed by atoms with Crippen molar-refractivity contribution in [3.63, 3.8) is 0 Å². The second kappa shape index (κ2) is 8.95. The maximum atomic E-state index is 12.4. The Balaban J connectivity index is 1.80. The summed E-state index contributed by atoms with van der Waals surface area (Å²) in [5.74, 6) is -2.76. The first-order valence-electron chi connectivity index (χ1n) is 9.76. The van der Waals surface area contributed by atoms with Crippen molar-refractivity contribution in [1.82, 2.24) is 10.1 Å². The second-order valence-corrected chi connectivity index (χ2v) is 8.60. The Labute approximate surface area is 175 Å². The molecule has 0 spiro atoms. The lowest BCUT2D eigenvalue weighted by Crippen LogP contribution is -2.39. The molecule has 0 atom stereocenters. The van der Waals surface area contributed by atoms with Gasteiger partial charge in [-0.1, -0.05) is 6.58 Å². The van der Waals surface area contributed by atoms with E-state index in [4.69, 9.17) is 14.4 Å². The average Bonchev–Trinajstić information content (AvgIpc) is 3.10. The van der Waals surface area contributed by atoms with E-state index in [1.54, 1.807) is 27.7 Å². The Morgan fingerprint density at radius 1 is 0.900 bits per heavy atom. The smallest absolute Gasteiger partial charge is 0.338 e. The van der Waals surface area contributed by atoms with Crippen LogP contribution in [0.25, 0.3) is 0 Å². The van der Waals surface area contributed by atoms with Crippen molar-refractivity contribution in [3.05, 3.63) is 12.3 Å². The van der Waals surface area contributed by atoms with Gasteiger partial charge in [0.1, 0.15) is 0 Å². The van der Waals surface area contributed by atoms with Crippen LogP contribution in [0.15, 0.2) is 12.3 Å². The van der Waals surface area contributed by atoms with Gasteiger partial charge >= 0.3 is 11.9 Å². The van der Waals surface area contributed by atoms with E-state index in [2.05, 4.69) is 6.58 Å². The van der Waals surface area contributed by atoms with Crippen LogP contribution in [0.5, 0.6) is 0 Å². The number of hydrogen-bond acceptors (Lipinski definition) is 8. The van der Waals surface area contributed by atoms with Crippen molar-refractivity contribution in [2.75, 3.05) is 6.61 Å². The summed E-state index contributed by atoms with van der Waals surface area (Å²) in [6.45, 7) is 10.4. The molecule has 0 aromatic heterocycles. The van der Waals surface area contributed by atoms with Gasteiger partial charge in [-0.25, -0.2) is 9.59 Å². The highest BCUT2D eigenvalue weighted by Crippen LogP contribution is 2.27. The van der Waals surface area contributed by atoms with Gasteiger partial charge in [0, 0.05) is 25.9 Å². The highest BCUT2D eigenvalue weighted by molar-refractivity contribution is 6.01. The SMILES string of the molecule is C=C1CCC(=O)N1OC(=O)CC(C)(C)OCCC(C)(C)C(=O)ON1C(=O)CCC1=O. The van der Waals surface area contributed by atoms with E-state index in [-0.39, 0.29) is 44.6 Å². The first kappa shape index (κ1) is 23.5. The standard InChI is InChI=1S/C20H28N2O8/c1-13-6-7-14(23)21(13)29-17(26)12-20(4,5)28-11-10-19(2,3)18(27)30-22-15(24)8-9-16(22)25/h1,6-12H2,2-5H3. The summed E-state index contributed by atoms with van der Waals surface area (Å²) in [6, 6.07) is 0. The number of carbonyl (C=O) groups excluding carboxylic acids is 5. The minimum absolute atomic E-state index is 0.0241. The van der Waals surface area contributed by atoms with Gasteiger partial charge in [-0.05, 0) is 40.5 Å². The predicted octanol–water partition coefficient (Wildman–Crippen LogP) is 1.79. The lowest BCUT2D eigenvalue weighted by atomic mass is 9.90. The van der Waals surface area contributed by atoms with Gasteiger partial charge in [0.2, 0.25) is 0 Å². The number of nitrogens with zero attached hydrogens (tertiary/aromatic N) is 2. The number of hydrogen-bond donors (Lipinski definition) is 0. The van der Waals surface area contributed by atoms with Crippen LogP contribution in [0, 0.1) is 5.41 Å². The predicted molar refractivity (Wildman–Crippen MR) is 102 cm³/mol. The van der Waals surface area contributed by atoms with Gasteiger partial charge in [-0.3, -0.25) is 14.4 Å². The molecule has 0 radical (unpaired) electrons. The molecule has 10 nitrogen and oxygen atoms in total. The number of rotatable bonds is 9. The average molecular weight is 424 g/mol. The minimum atomic E-state index is -1.03. The fraction of sp³-hybridized carbons (Fsp3) is 0.650. The van der Waals surface area contributed by atoms with Crippen LogP contribution in [0.2, 0.25) is 0 Å². The van der Waals surface area contributed by atoms with E-state index in [0.717, 1.165) is 5.06 Å². The van der Waals surface area contributed by atoms with Crippen molar-refractivity contribution in [2.45, 2.75) is 71.8 Å². The normalized spacial score (nSPS) is 17.7. The third kappa shape index (κ3) is 5.88. The minimum Gasteiger partial charge on any atom is -0.375 e. The molecule has 166 valence electrons. The fourth-order valence-electron chi connectivity index (χ4n) is 2.83. The summed E-state index contributed by atoms with van der Waals surface area (Å²) < 4.78 is 5.73. The number of carbonyl (C=O) groups is 5. The third-order valence-electron chi connectivity index (χ3n) is 4.86. The van der Waals surface area contributed by atoms with Crippen molar-refractivity contribution < 1.29 is 38.4 Å². The summed E-state index contributed by atoms with van der Waals surface area (Å²) in [5, 5.41) is 1.43. The maximum absolute atomic E-state index is 12.4. The Hall–Kier alpha value is -2.75. The van der Waals surface area contributed by atoms with Crippen molar-refractivity contribution in [2.24, 2.45) is 5.41 Å². The van der Waals surface area contributed by atoms with Gasteiger partial charge in [-0.2, -0.15) is 0 Å². The van der Waals surface area contributed by atoms with Gasteiger partial charge in [0.05, 0.1) is 23.1 Å². The third-order valence-corrected chi connectivity index (χ3v) is 4.86. The quantitative estimate of drug-likeness (QED) is 0.514. The Morgan fingerprint density at radius 2 is 1.43 bits per heavy atom. The lowest BCUT2D eigenvalue weighted by Gasteiger charge is -2.28. The lowest BCUT2D eigenvalue weighted by molar-refractivity contribution is -0.205. The Bertz CT molecular complexity index is 739. The number of amides is 3. The highest BCUT2D eigenvalue weighted by Gasteiger charge is 2.38. The monoisotopic (exact) mass is 424 g/mol. The van der Waals surface area contributed by atoms with Crippen molar-refractivity contribution >= 4 is 29.7 Å². The molecule has 0 N–H and O–H groups in total. The van der Waals surface area contributed by atoms with Crippen LogP contribution < -0.4 is 0 Å². The molecule has 30 heavy (non-hydrogen) atoms. The molecule has 2 heterocycles. The maximum Gasteiger partial charge on any atom is 0.338 e. The molecule has 2 aliphatic rings. The Kier molecular flexibility index (Phi) is 7.02.